The number of hydrogen-bond acceptors (Lipinski definition) is 5. The highest BCUT2D eigenvalue weighted by Crippen LogP contribution is 2.29. The van der Waals surface area contributed by atoms with Crippen LogP contribution in [0.15, 0.2) is 29.2 Å². The number of carboxylic acid groups (broad SMARTS) is 1. The van der Waals surface area contributed by atoms with E-state index in [2.05, 4.69) is 5.32 Å². The molecule has 1 atom stereocenters. The Hall–Kier alpha value is -1.60. The second kappa shape index (κ2) is 6.03. The van der Waals surface area contributed by atoms with Crippen LogP contribution in [0.2, 0.25) is 0 Å². The van der Waals surface area contributed by atoms with Crippen LogP contribution >= 0.6 is 11.8 Å². The SMILES string of the molecule is O=C(O)C(CSc1ccccc1[N+](=O)[O-])NC1CC1. The largest absolute Gasteiger partial charge is 0.480 e. The van der Waals surface area contributed by atoms with Gasteiger partial charge in [-0.2, -0.15) is 0 Å². The summed E-state index contributed by atoms with van der Waals surface area (Å²) in [4.78, 5) is 22.0. The molecule has 102 valence electrons. The van der Waals surface area contributed by atoms with Crippen molar-refractivity contribution < 1.29 is 14.8 Å². The topological polar surface area (TPSA) is 92.5 Å². The first-order valence-electron chi connectivity index (χ1n) is 5.93. The third-order valence-corrected chi connectivity index (χ3v) is 3.94. The van der Waals surface area contributed by atoms with Crippen molar-refractivity contribution in [1.29, 1.82) is 0 Å². The maximum Gasteiger partial charge on any atom is 0.321 e. The molecule has 0 aliphatic heterocycles. The van der Waals surface area contributed by atoms with Crippen LogP contribution in [0, 0.1) is 10.1 Å². The maximum atomic E-state index is 11.1. The van der Waals surface area contributed by atoms with E-state index in [1.807, 2.05) is 0 Å². The number of aliphatic carboxylic acids is 1. The number of nitrogens with one attached hydrogen (secondary N) is 1. The molecule has 1 fully saturated rings. The normalized spacial score (nSPS) is 16.0. The zero-order valence-electron chi connectivity index (χ0n) is 10.1. The van der Waals surface area contributed by atoms with E-state index in [1.165, 1.54) is 17.8 Å². The van der Waals surface area contributed by atoms with Gasteiger partial charge in [0.05, 0.1) is 9.82 Å². The Morgan fingerprint density at radius 3 is 2.79 bits per heavy atom. The molecule has 1 aromatic rings. The number of carbonyl (C=O) groups is 1. The lowest BCUT2D eigenvalue weighted by Gasteiger charge is -2.13. The predicted molar refractivity (Wildman–Crippen MR) is 71.4 cm³/mol. The number of nitro benzene ring substituents is 1. The molecular weight excluding hydrogens is 268 g/mol. The average Bonchev–Trinajstić information content (AvgIpc) is 3.18. The van der Waals surface area contributed by atoms with Gasteiger partial charge in [-0.1, -0.05) is 12.1 Å². The van der Waals surface area contributed by atoms with E-state index in [1.54, 1.807) is 18.2 Å². The third-order valence-electron chi connectivity index (χ3n) is 2.78. The summed E-state index contributed by atoms with van der Waals surface area (Å²) in [6, 6.07) is 5.98. The fraction of sp³-hybridized carbons (Fsp3) is 0.417. The smallest absolute Gasteiger partial charge is 0.321 e. The Balaban J connectivity index is 1.99. The van der Waals surface area contributed by atoms with Gasteiger partial charge in [0.15, 0.2) is 0 Å². The van der Waals surface area contributed by atoms with E-state index < -0.39 is 16.9 Å². The minimum absolute atomic E-state index is 0.0167. The molecule has 1 unspecified atom stereocenters. The van der Waals surface area contributed by atoms with Crippen molar-refractivity contribution in [2.75, 3.05) is 5.75 Å². The highest BCUT2D eigenvalue weighted by atomic mass is 32.2. The average molecular weight is 282 g/mol. The number of nitrogens with zero attached hydrogens (tertiary/aromatic N) is 1. The second-order valence-corrected chi connectivity index (χ2v) is 5.43. The molecule has 0 saturated heterocycles. The lowest BCUT2D eigenvalue weighted by Crippen LogP contribution is -2.40. The van der Waals surface area contributed by atoms with Crippen LogP contribution in [0.3, 0.4) is 0 Å². The summed E-state index contributed by atoms with van der Waals surface area (Å²) in [5.74, 6) is -0.644. The van der Waals surface area contributed by atoms with Crippen molar-refractivity contribution in [3.63, 3.8) is 0 Å². The molecule has 0 amide bonds. The second-order valence-electron chi connectivity index (χ2n) is 4.37. The lowest BCUT2D eigenvalue weighted by atomic mass is 10.3. The van der Waals surface area contributed by atoms with Gasteiger partial charge in [0.2, 0.25) is 0 Å². The molecule has 1 aliphatic rings. The highest BCUT2D eigenvalue weighted by Gasteiger charge is 2.28. The van der Waals surface area contributed by atoms with Crippen LogP contribution in [0.1, 0.15) is 12.8 Å². The van der Waals surface area contributed by atoms with E-state index in [9.17, 15) is 14.9 Å². The number of carboxylic acids is 1. The first-order chi connectivity index (χ1) is 9.08. The quantitative estimate of drug-likeness (QED) is 0.451. The van der Waals surface area contributed by atoms with Crippen molar-refractivity contribution in [3.05, 3.63) is 34.4 Å². The predicted octanol–water partition coefficient (Wildman–Crippen LogP) is 1.89. The molecule has 0 spiro atoms. The molecule has 1 aromatic carbocycles. The number of nitro groups is 1. The van der Waals surface area contributed by atoms with Crippen LogP contribution in [0.25, 0.3) is 0 Å². The van der Waals surface area contributed by atoms with Gasteiger partial charge in [0.25, 0.3) is 5.69 Å². The Bertz CT molecular complexity index is 490. The van der Waals surface area contributed by atoms with Crippen molar-refractivity contribution in [2.45, 2.75) is 29.8 Å². The van der Waals surface area contributed by atoms with Gasteiger partial charge in [0, 0.05) is 17.9 Å². The Morgan fingerprint density at radius 2 is 2.21 bits per heavy atom. The van der Waals surface area contributed by atoms with Crippen LogP contribution in [0.4, 0.5) is 5.69 Å². The standard InChI is InChI=1S/C12H14N2O4S/c15-12(16)9(13-8-5-6-8)7-19-11-4-2-1-3-10(11)14(17)18/h1-4,8-9,13H,5-7H2,(H,15,16). The molecule has 0 radical (unpaired) electrons. The van der Waals surface area contributed by atoms with E-state index >= 15 is 0 Å². The van der Waals surface area contributed by atoms with Crippen LogP contribution in [-0.2, 0) is 4.79 Å². The van der Waals surface area contributed by atoms with E-state index in [0.717, 1.165) is 12.8 Å². The fourth-order valence-corrected chi connectivity index (χ4v) is 2.68. The summed E-state index contributed by atoms with van der Waals surface area (Å²) in [5, 5.41) is 23.0. The van der Waals surface area contributed by atoms with Gasteiger partial charge >= 0.3 is 5.97 Å². The maximum absolute atomic E-state index is 11.1. The van der Waals surface area contributed by atoms with Crippen molar-refractivity contribution in [2.24, 2.45) is 0 Å². The van der Waals surface area contributed by atoms with Crippen LogP contribution < -0.4 is 5.32 Å². The molecule has 1 aliphatic carbocycles. The molecule has 7 heteroatoms. The van der Waals surface area contributed by atoms with E-state index in [-0.39, 0.29) is 17.5 Å². The minimum Gasteiger partial charge on any atom is -0.480 e. The van der Waals surface area contributed by atoms with Gasteiger partial charge in [-0.05, 0) is 18.9 Å². The van der Waals surface area contributed by atoms with Crippen LogP contribution in [0.5, 0.6) is 0 Å². The van der Waals surface area contributed by atoms with Gasteiger partial charge < -0.3 is 10.4 Å². The summed E-state index contributed by atoms with van der Waals surface area (Å²) < 4.78 is 0. The molecule has 2 rings (SSSR count). The first-order valence-corrected chi connectivity index (χ1v) is 6.91. The molecule has 6 nitrogen and oxygen atoms in total. The summed E-state index contributed by atoms with van der Waals surface area (Å²) in [6.45, 7) is 0. The zero-order chi connectivity index (χ0) is 13.8. The number of para-hydroxylation sites is 1. The fourth-order valence-electron chi connectivity index (χ4n) is 1.63. The molecule has 0 heterocycles. The Kier molecular flexibility index (Phi) is 4.39. The third kappa shape index (κ3) is 3.93. The molecule has 0 bridgehead atoms. The Labute approximate surface area is 114 Å². The van der Waals surface area contributed by atoms with Crippen molar-refractivity contribution >= 4 is 23.4 Å². The van der Waals surface area contributed by atoms with E-state index in [4.69, 9.17) is 5.11 Å². The van der Waals surface area contributed by atoms with Crippen LogP contribution in [-0.4, -0.2) is 33.8 Å². The number of hydrogen-bond donors (Lipinski definition) is 2. The molecule has 0 aromatic heterocycles. The van der Waals surface area contributed by atoms with Crippen molar-refractivity contribution in [1.82, 2.24) is 5.32 Å². The zero-order valence-corrected chi connectivity index (χ0v) is 10.9. The van der Waals surface area contributed by atoms with Crippen molar-refractivity contribution in [3.8, 4) is 0 Å². The molecule has 2 N–H and O–H groups in total. The minimum atomic E-state index is -0.919. The first kappa shape index (κ1) is 13.8. The van der Waals surface area contributed by atoms with Gasteiger partial charge in [-0.15, -0.1) is 11.8 Å². The highest BCUT2D eigenvalue weighted by molar-refractivity contribution is 7.99. The number of benzene rings is 1. The molecule has 19 heavy (non-hydrogen) atoms. The van der Waals surface area contributed by atoms with Gasteiger partial charge in [-0.3, -0.25) is 14.9 Å². The summed E-state index contributed by atoms with van der Waals surface area (Å²) in [5.41, 5.74) is 0.0167. The molecule has 1 saturated carbocycles. The summed E-state index contributed by atoms with van der Waals surface area (Å²) >= 11 is 1.20. The monoisotopic (exact) mass is 282 g/mol. The Morgan fingerprint density at radius 1 is 1.53 bits per heavy atom. The number of thioether (sulfide) groups is 1. The lowest BCUT2D eigenvalue weighted by molar-refractivity contribution is -0.387. The number of rotatable bonds is 7. The van der Waals surface area contributed by atoms with Gasteiger partial charge in [-0.25, -0.2) is 0 Å². The molecular formula is C12H14N2O4S. The summed E-state index contributed by atoms with van der Waals surface area (Å²) in [7, 11) is 0. The van der Waals surface area contributed by atoms with Gasteiger partial charge in [0.1, 0.15) is 6.04 Å². The summed E-state index contributed by atoms with van der Waals surface area (Å²) in [6.07, 6.45) is 2.00. The van der Waals surface area contributed by atoms with E-state index in [0.29, 0.717) is 4.90 Å².